The number of rotatable bonds is 3. The standard InChI is InChI=1S/C8H9BrN4O3/c1-16-4-6(14)12-13-8(15)7-10-2-5(9)3-11-7/h2-3H,4H2,1H3,(H,12,14)(H,13,15). The van der Waals surface area contributed by atoms with Crippen LogP contribution in [0.2, 0.25) is 0 Å². The molecule has 0 fully saturated rings. The second kappa shape index (κ2) is 6.13. The van der Waals surface area contributed by atoms with Crippen molar-refractivity contribution in [2.75, 3.05) is 13.7 Å². The molecular weight excluding hydrogens is 280 g/mol. The zero-order chi connectivity index (χ0) is 12.0. The van der Waals surface area contributed by atoms with Gasteiger partial charge in [0.05, 0.1) is 4.47 Å². The second-order valence-corrected chi connectivity index (χ2v) is 3.58. The molecule has 1 heterocycles. The number of hydrazine groups is 1. The molecule has 0 aliphatic heterocycles. The molecule has 0 bridgehead atoms. The summed E-state index contributed by atoms with van der Waals surface area (Å²) in [7, 11) is 1.37. The van der Waals surface area contributed by atoms with Crippen molar-refractivity contribution in [3.05, 3.63) is 22.7 Å². The summed E-state index contributed by atoms with van der Waals surface area (Å²) < 4.78 is 5.22. The molecule has 0 aliphatic rings. The number of carbonyl (C=O) groups excluding carboxylic acids is 2. The Kier molecular flexibility index (Phi) is 4.80. The topological polar surface area (TPSA) is 93.2 Å². The first-order chi connectivity index (χ1) is 7.63. The van der Waals surface area contributed by atoms with E-state index in [4.69, 9.17) is 0 Å². The molecule has 8 heteroatoms. The molecule has 0 radical (unpaired) electrons. The van der Waals surface area contributed by atoms with Gasteiger partial charge in [-0.05, 0) is 15.9 Å². The first-order valence-corrected chi connectivity index (χ1v) is 4.98. The van der Waals surface area contributed by atoms with Crippen molar-refractivity contribution < 1.29 is 14.3 Å². The summed E-state index contributed by atoms with van der Waals surface area (Å²) >= 11 is 3.13. The summed E-state index contributed by atoms with van der Waals surface area (Å²) in [6.45, 7) is -0.137. The van der Waals surface area contributed by atoms with E-state index in [9.17, 15) is 9.59 Å². The molecule has 2 N–H and O–H groups in total. The minimum Gasteiger partial charge on any atom is -0.375 e. The number of carbonyl (C=O) groups is 2. The van der Waals surface area contributed by atoms with Crippen LogP contribution in [-0.2, 0) is 9.53 Å². The maximum absolute atomic E-state index is 11.4. The smallest absolute Gasteiger partial charge is 0.307 e. The normalized spacial score (nSPS) is 9.62. The molecular formula is C8H9BrN4O3. The third-order valence-electron chi connectivity index (χ3n) is 1.41. The molecule has 7 nitrogen and oxygen atoms in total. The van der Waals surface area contributed by atoms with Crippen molar-refractivity contribution in [1.29, 1.82) is 0 Å². The number of ether oxygens (including phenoxy) is 1. The molecule has 0 unspecified atom stereocenters. The highest BCUT2D eigenvalue weighted by atomic mass is 79.9. The molecule has 1 aromatic rings. The van der Waals surface area contributed by atoms with Crippen molar-refractivity contribution in [3.8, 4) is 0 Å². The Morgan fingerprint density at radius 3 is 2.56 bits per heavy atom. The molecule has 2 amide bonds. The number of aromatic nitrogens is 2. The van der Waals surface area contributed by atoms with Gasteiger partial charge in [-0.25, -0.2) is 9.97 Å². The molecule has 1 rings (SSSR count). The number of hydrogen-bond acceptors (Lipinski definition) is 5. The van der Waals surface area contributed by atoms with Crippen LogP contribution in [0.3, 0.4) is 0 Å². The number of methoxy groups -OCH3 is 1. The zero-order valence-electron chi connectivity index (χ0n) is 8.36. The fraction of sp³-hybridized carbons (Fsp3) is 0.250. The highest BCUT2D eigenvalue weighted by molar-refractivity contribution is 9.10. The largest absolute Gasteiger partial charge is 0.375 e. The minimum absolute atomic E-state index is 0.0408. The average molecular weight is 289 g/mol. The second-order valence-electron chi connectivity index (χ2n) is 2.66. The average Bonchev–Trinajstić information content (AvgIpc) is 2.27. The van der Waals surface area contributed by atoms with Crippen LogP contribution in [0, 0.1) is 0 Å². The number of halogens is 1. The van der Waals surface area contributed by atoms with Crippen molar-refractivity contribution in [1.82, 2.24) is 20.8 Å². The van der Waals surface area contributed by atoms with Gasteiger partial charge in [0.15, 0.2) is 0 Å². The van der Waals surface area contributed by atoms with Gasteiger partial charge in [0.1, 0.15) is 6.61 Å². The first-order valence-electron chi connectivity index (χ1n) is 4.19. The summed E-state index contributed by atoms with van der Waals surface area (Å²) in [4.78, 5) is 29.8. The lowest BCUT2D eigenvalue weighted by Crippen LogP contribution is -2.43. The highest BCUT2D eigenvalue weighted by Crippen LogP contribution is 2.03. The van der Waals surface area contributed by atoms with E-state index in [1.807, 2.05) is 0 Å². The van der Waals surface area contributed by atoms with E-state index in [1.54, 1.807) is 0 Å². The van der Waals surface area contributed by atoms with Crippen molar-refractivity contribution in [2.45, 2.75) is 0 Å². The number of amides is 2. The fourth-order valence-electron chi connectivity index (χ4n) is 0.779. The number of nitrogens with one attached hydrogen (secondary N) is 2. The van der Waals surface area contributed by atoms with Crippen LogP contribution in [0.25, 0.3) is 0 Å². The summed E-state index contributed by atoms with van der Waals surface area (Å²) in [6.07, 6.45) is 2.86. The van der Waals surface area contributed by atoms with Gasteiger partial charge < -0.3 is 4.74 Å². The molecule has 0 saturated carbocycles. The van der Waals surface area contributed by atoms with Crippen LogP contribution < -0.4 is 10.9 Å². The molecule has 0 aromatic carbocycles. The van der Waals surface area contributed by atoms with Crippen molar-refractivity contribution in [2.24, 2.45) is 0 Å². The third-order valence-corrected chi connectivity index (χ3v) is 1.82. The predicted octanol–water partition coefficient (Wildman–Crippen LogP) is -0.353. The van der Waals surface area contributed by atoms with E-state index in [1.165, 1.54) is 19.5 Å². The monoisotopic (exact) mass is 288 g/mol. The van der Waals surface area contributed by atoms with Crippen LogP contribution in [0.4, 0.5) is 0 Å². The predicted molar refractivity (Wildman–Crippen MR) is 57.2 cm³/mol. The van der Waals surface area contributed by atoms with Crippen LogP contribution in [0.5, 0.6) is 0 Å². The van der Waals surface area contributed by atoms with Gasteiger partial charge in [-0.2, -0.15) is 0 Å². The van der Waals surface area contributed by atoms with Gasteiger partial charge in [0.2, 0.25) is 5.82 Å². The van der Waals surface area contributed by atoms with E-state index in [0.29, 0.717) is 4.47 Å². The zero-order valence-corrected chi connectivity index (χ0v) is 9.94. The Morgan fingerprint density at radius 2 is 2.00 bits per heavy atom. The summed E-state index contributed by atoms with van der Waals surface area (Å²) in [5, 5.41) is 0. The van der Waals surface area contributed by atoms with Crippen LogP contribution in [0.15, 0.2) is 16.9 Å². The van der Waals surface area contributed by atoms with E-state index in [0.717, 1.165) is 0 Å². The first kappa shape index (κ1) is 12.5. The Morgan fingerprint density at radius 1 is 1.38 bits per heavy atom. The molecule has 1 aromatic heterocycles. The van der Waals surface area contributed by atoms with E-state index in [2.05, 4.69) is 41.5 Å². The Bertz CT molecular complexity index is 381. The molecule has 0 atom stereocenters. The molecule has 0 saturated heterocycles. The lowest BCUT2D eigenvalue weighted by molar-refractivity contribution is -0.125. The van der Waals surface area contributed by atoms with Gasteiger partial charge in [0, 0.05) is 19.5 Å². The fourth-order valence-corrected chi connectivity index (χ4v) is 0.984. The van der Waals surface area contributed by atoms with Crippen LogP contribution in [0.1, 0.15) is 10.6 Å². The van der Waals surface area contributed by atoms with Gasteiger partial charge in [-0.15, -0.1) is 0 Å². The van der Waals surface area contributed by atoms with Crippen molar-refractivity contribution >= 4 is 27.7 Å². The van der Waals surface area contributed by atoms with Crippen LogP contribution >= 0.6 is 15.9 Å². The molecule has 16 heavy (non-hydrogen) atoms. The quantitative estimate of drug-likeness (QED) is 0.742. The van der Waals surface area contributed by atoms with Gasteiger partial charge >= 0.3 is 5.91 Å². The summed E-state index contributed by atoms with van der Waals surface area (Å²) in [5.41, 5.74) is 4.29. The third kappa shape index (κ3) is 3.91. The Balaban J connectivity index is 2.47. The molecule has 86 valence electrons. The van der Waals surface area contributed by atoms with Crippen LogP contribution in [-0.4, -0.2) is 35.5 Å². The molecule has 0 aliphatic carbocycles. The Hall–Kier alpha value is -1.54. The minimum atomic E-state index is -0.600. The summed E-state index contributed by atoms with van der Waals surface area (Å²) in [6, 6.07) is 0. The van der Waals surface area contributed by atoms with Gasteiger partial charge in [-0.1, -0.05) is 0 Å². The number of nitrogens with zero attached hydrogens (tertiary/aromatic N) is 2. The number of hydrogen-bond donors (Lipinski definition) is 2. The van der Waals surface area contributed by atoms with E-state index < -0.39 is 11.8 Å². The highest BCUT2D eigenvalue weighted by Gasteiger charge is 2.09. The maximum Gasteiger partial charge on any atom is 0.307 e. The Labute approximate surface area is 99.7 Å². The van der Waals surface area contributed by atoms with Gasteiger partial charge in [0.25, 0.3) is 5.91 Å². The SMILES string of the molecule is COCC(=O)NNC(=O)c1ncc(Br)cn1. The van der Waals surface area contributed by atoms with Gasteiger partial charge in [-0.3, -0.25) is 20.4 Å². The van der Waals surface area contributed by atoms with E-state index >= 15 is 0 Å². The molecule has 0 spiro atoms. The summed E-state index contributed by atoms with van der Waals surface area (Å²) in [5.74, 6) is -1.11. The lowest BCUT2D eigenvalue weighted by atomic mass is 10.5. The lowest BCUT2D eigenvalue weighted by Gasteiger charge is -2.05. The van der Waals surface area contributed by atoms with Crippen molar-refractivity contribution in [3.63, 3.8) is 0 Å². The van der Waals surface area contributed by atoms with E-state index in [-0.39, 0.29) is 12.4 Å². The maximum atomic E-state index is 11.4.